The summed E-state index contributed by atoms with van der Waals surface area (Å²) in [6.07, 6.45) is -0.161. The molecule has 0 saturated heterocycles. The number of carbonyl (C=O) groups is 1. The van der Waals surface area contributed by atoms with E-state index >= 15 is 0 Å². The average Bonchev–Trinajstić information content (AvgIpc) is 1.56. The smallest absolute Gasteiger partial charge is 0.270 e. The van der Waals surface area contributed by atoms with Crippen LogP contribution in [-0.2, 0) is 14.9 Å². The molecule has 0 aromatic rings. The molecule has 1 N–H and O–H groups in total. The topological polar surface area (TPSA) is 71.4 Å². The normalized spacial score (nSPS) is 13.1. The van der Waals surface area contributed by atoms with E-state index < -0.39 is 14.9 Å². The first-order valence-corrected chi connectivity index (χ1v) is 4.57. The van der Waals surface area contributed by atoms with Crippen LogP contribution in [0.3, 0.4) is 0 Å². The standard InChI is InChI=1S/C6H12O4S/c1-5(7)4-6(2,3)11(8,9)10/h4H2,1-3H3,(H,8,9,10). The van der Waals surface area contributed by atoms with Crippen molar-refractivity contribution in [3.05, 3.63) is 0 Å². The van der Waals surface area contributed by atoms with Gasteiger partial charge in [-0.25, -0.2) is 0 Å². The first kappa shape index (κ1) is 10.6. The van der Waals surface area contributed by atoms with Gasteiger partial charge < -0.3 is 0 Å². The van der Waals surface area contributed by atoms with Crippen molar-refractivity contribution in [2.24, 2.45) is 0 Å². The molecule has 0 amide bonds. The molecule has 0 aliphatic heterocycles. The van der Waals surface area contributed by atoms with Crippen molar-refractivity contribution in [3.63, 3.8) is 0 Å². The minimum absolute atomic E-state index is 0.161. The predicted octanol–water partition coefficient (Wildman–Crippen LogP) is 0.632. The Kier molecular flexibility index (Phi) is 2.79. The van der Waals surface area contributed by atoms with Crippen LogP contribution in [0.15, 0.2) is 0 Å². The van der Waals surface area contributed by atoms with Gasteiger partial charge in [-0.1, -0.05) is 0 Å². The van der Waals surface area contributed by atoms with Gasteiger partial charge in [0.05, 0.1) is 4.75 Å². The van der Waals surface area contributed by atoms with E-state index in [0.717, 1.165) is 0 Å². The highest BCUT2D eigenvalue weighted by Crippen LogP contribution is 2.19. The lowest BCUT2D eigenvalue weighted by Gasteiger charge is -2.18. The molecule has 0 spiro atoms. The van der Waals surface area contributed by atoms with E-state index in [-0.39, 0.29) is 12.2 Å². The van der Waals surface area contributed by atoms with Gasteiger partial charge in [0, 0.05) is 6.42 Å². The monoisotopic (exact) mass is 180 g/mol. The Hall–Kier alpha value is -0.420. The van der Waals surface area contributed by atoms with Crippen LogP contribution < -0.4 is 0 Å². The maximum absolute atomic E-state index is 10.6. The second kappa shape index (κ2) is 2.91. The van der Waals surface area contributed by atoms with Gasteiger partial charge >= 0.3 is 0 Å². The van der Waals surface area contributed by atoms with Crippen LogP contribution in [0.2, 0.25) is 0 Å². The van der Waals surface area contributed by atoms with Crippen molar-refractivity contribution >= 4 is 15.9 Å². The molecule has 0 rings (SSSR count). The van der Waals surface area contributed by atoms with Gasteiger partial charge in [-0.3, -0.25) is 9.35 Å². The van der Waals surface area contributed by atoms with Crippen LogP contribution in [0.1, 0.15) is 27.2 Å². The molecule has 4 nitrogen and oxygen atoms in total. The molecule has 66 valence electrons. The van der Waals surface area contributed by atoms with Gasteiger partial charge in [0.25, 0.3) is 10.1 Å². The van der Waals surface area contributed by atoms with Crippen LogP contribution in [0.4, 0.5) is 0 Å². The molecule has 0 unspecified atom stereocenters. The Balaban J connectivity index is 4.62. The minimum Gasteiger partial charge on any atom is -0.300 e. The maximum atomic E-state index is 10.6. The summed E-state index contributed by atoms with van der Waals surface area (Å²) in [4.78, 5) is 10.5. The number of Topliss-reactive ketones (excluding diaryl/α,β-unsaturated/α-hetero) is 1. The second-order valence-corrected chi connectivity index (χ2v) is 5.17. The maximum Gasteiger partial charge on any atom is 0.270 e. The molecule has 0 aromatic carbocycles. The van der Waals surface area contributed by atoms with E-state index in [9.17, 15) is 13.2 Å². The quantitative estimate of drug-likeness (QED) is 0.647. The zero-order chi connectivity index (χ0) is 9.28. The summed E-state index contributed by atoms with van der Waals surface area (Å²) in [5, 5.41) is 0. The van der Waals surface area contributed by atoms with Crippen molar-refractivity contribution in [2.45, 2.75) is 31.9 Å². The van der Waals surface area contributed by atoms with Gasteiger partial charge in [-0.15, -0.1) is 0 Å². The molecule has 0 atom stereocenters. The third-order valence-electron chi connectivity index (χ3n) is 1.37. The van der Waals surface area contributed by atoms with Crippen molar-refractivity contribution in [1.82, 2.24) is 0 Å². The minimum atomic E-state index is -4.12. The van der Waals surface area contributed by atoms with Crippen LogP contribution >= 0.6 is 0 Å². The Morgan fingerprint density at radius 2 is 1.82 bits per heavy atom. The lowest BCUT2D eigenvalue weighted by molar-refractivity contribution is -0.117. The SMILES string of the molecule is CC(=O)CC(C)(C)S(=O)(=O)O. The first-order valence-electron chi connectivity index (χ1n) is 3.13. The van der Waals surface area contributed by atoms with Gasteiger partial charge in [0.15, 0.2) is 0 Å². The van der Waals surface area contributed by atoms with Crippen LogP contribution in [-0.4, -0.2) is 23.5 Å². The number of hydrogen-bond donors (Lipinski definition) is 1. The van der Waals surface area contributed by atoms with Crippen LogP contribution in [0.25, 0.3) is 0 Å². The van der Waals surface area contributed by atoms with Gasteiger partial charge in [0.1, 0.15) is 5.78 Å². The highest BCUT2D eigenvalue weighted by atomic mass is 32.2. The second-order valence-electron chi connectivity index (χ2n) is 3.11. The third-order valence-corrected chi connectivity index (χ3v) is 2.91. The van der Waals surface area contributed by atoms with E-state index in [0.29, 0.717) is 0 Å². The first-order chi connectivity index (χ1) is 4.67. The van der Waals surface area contributed by atoms with Gasteiger partial charge in [-0.05, 0) is 20.8 Å². The molecule has 0 saturated carbocycles. The zero-order valence-corrected chi connectivity index (χ0v) is 7.60. The van der Waals surface area contributed by atoms with Gasteiger partial charge in [-0.2, -0.15) is 8.42 Å². The Morgan fingerprint density at radius 1 is 1.45 bits per heavy atom. The van der Waals surface area contributed by atoms with Crippen molar-refractivity contribution < 1.29 is 17.8 Å². The molecule has 0 aliphatic carbocycles. The van der Waals surface area contributed by atoms with Crippen LogP contribution in [0.5, 0.6) is 0 Å². The molecule has 0 bridgehead atoms. The molecule has 11 heavy (non-hydrogen) atoms. The zero-order valence-electron chi connectivity index (χ0n) is 6.79. The summed E-state index contributed by atoms with van der Waals surface area (Å²) in [7, 11) is -4.12. The van der Waals surface area contributed by atoms with E-state index in [1.807, 2.05) is 0 Å². The van der Waals surface area contributed by atoms with Crippen molar-refractivity contribution in [3.8, 4) is 0 Å². The largest absolute Gasteiger partial charge is 0.300 e. The molecule has 0 fully saturated rings. The summed E-state index contributed by atoms with van der Waals surface area (Å²) in [5.41, 5.74) is 0. The van der Waals surface area contributed by atoms with E-state index in [4.69, 9.17) is 4.55 Å². The molecule has 0 aromatic heterocycles. The molecular weight excluding hydrogens is 168 g/mol. The summed E-state index contributed by atoms with van der Waals surface area (Å²) >= 11 is 0. The third kappa shape index (κ3) is 2.98. The fourth-order valence-corrected chi connectivity index (χ4v) is 1.08. The lowest BCUT2D eigenvalue weighted by atomic mass is 10.1. The molecular formula is C6H12O4S. The average molecular weight is 180 g/mol. The highest BCUT2D eigenvalue weighted by molar-refractivity contribution is 7.87. The predicted molar refractivity (Wildman–Crippen MR) is 40.9 cm³/mol. The summed E-state index contributed by atoms with van der Waals surface area (Å²) < 4.78 is 28.4. The molecule has 0 aliphatic rings. The Bertz CT molecular complexity index is 250. The Morgan fingerprint density at radius 3 is 1.91 bits per heavy atom. The molecule has 5 heteroatoms. The van der Waals surface area contributed by atoms with Gasteiger partial charge in [0.2, 0.25) is 0 Å². The number of carbonyl (C=O) groups excluding carboxylic acids is 1. The molecule has 0 radical (unpaired) electrons. The highest BCUT2D eigenvalue weighted by Gasteiger charge is 2.33. The Labute approximate surface area is 66.4 Å². The number of ketones is 1. The summed E-state index contributed by atoms with van der Waals surface area (Å²) in [6, 6.07) is 0. The number of hydrogen-bond acceptors (Lipinski definition) is 3. The van der Waals surface area contributed by atoms with E-state index in [2.05, 4.69) is 0 Å². The van der Waals surface area contributed by atoms with E-state index in [1.165, 1.54) is 20.8 Å². The summed E-state index contributed by atoms with van der Waals surface area (Å²) in [6.45, 7) is 3.90. The summed E-state index contributed by atoms with van der Waals surface area (Å²) in [5.74, 6) is -0.257. The fraction of sp³-hybridized carbons (Fsp3) is 0.833. The van der Waals surface area contributed by atoms with Crippen molar-refractivity contribution in [2.75, 3.05) is 0 Å². The van der Waals surface area contributed by atoms with Crippen LogP contribution in [0, 0.1) is 0 Å². The fourth-order valence-electron chi connectivity index (χ4n) is 0.691. The lowest BCUT2D eigenvalue weighted by Crippen LogP contribution is -2.33. The van der Waals surface area contributed by atoms with Crippen molar-refractivity contribution in [1.29, 1.82) is 0 Å². The number of rotatable bonds is 3. The van der Waals surface area contributed by atoms with E-state index in [1.54, 1.807) is 0 Å². The molecule has 0 heterocycles.